The number of carbonyl (C=O) groups is 3. The van der Waals surface area contributed by atoms with Crippen molar-refractivity contribution in [2.45, 2.75) is 0 Å². The molecule has 2 amide bonds. The Hall–Kier alpha value is -3.66. The van der Waals surface area contributed by atoms with E-state index in [1.54, 1.807) is 30.3 Å². The highest BCUT2D eigenvalue weighted by Gasteiger charge is 2.17. The molecule has 0 aromatic heterocycles. The summed E-state index contributed by atoms with van der Waals surface area (Å²) in [6.45, 7) is -1.45. The first-order valence-electron chi connectivity index (χ1n) is 8.19. The number of carbonyl (C=O) groups excluding carboxylic acids is 3. The van der Waals surface area contributed by atoms with Crippen LogP contribution in [-0.2, 0) is 19.1 Å². The van der Waals surface area contributed by atoms with Gasteiger partial charge < -0.3 is 20.1 Å². The molecule has 0 heterocycles. The van der Waals surface area contributed by atoms with Crippen LogP contribution in [0.5, 0.6) is 5.75 Å². The molecule has 152 valence electrons. The number of para-hydroxylation sites is 1. The molecule has 2 rings (SSSR count). The summed E-state index contributed by atoms with van der Waals surface area (Å²) in [6, 6.07) is 12.3. The van der Waals surface area contributed by atoms with Crippen LogP contribution in [0.1, 0.15) is 0 Å². The number of rotatable bonds is 9. The number of nitrogens with zero attached hydrogens (tertiary/aromatic N) is 1. The van der Waals surface area contributed by atoms with E-state index in [-0.39, 0.29) is 17.3 Å². The first-order chi connectivity index (χ1) is 13.8. The van der Waals surface area contributed by atoms with Gasteiger partial charge in [0, 0.05) is 11.1 Å². The van der Waals surface area contributed by atoms with Gasteiger partial charge in [0.05, 0.1) is 4.92 Å². The van der Waals surface area contributed by atoms with Crippen LogP contribution in [0.4, 0.5) is 11.4 Å². The Balaban J connectivity index is 1.71. The van der Waals surface area contributed by atoms with Gasteiger partial charge in [0.1, 0.15) is 18.0 Å². The van der Waals surface area contributed by atoms with E-state index in [1.807, 2.05) is 0 Å². The number of nitro benzene ring substituents is 1. The molecule has 0 saturated carbocycles. The maximum Gasteiger partial charge on any atom is 0.325 e. The topological polar surface area (TPSA) is 137 Å². The van der Waals surface area contributed by atoms with E-state index < -0.39 is 41.5 Å². The lowest BCUT2D eigenvalue weighted by atomic mass is 10.2. The maximum atomic E-state index is 11.8. The van der Waals surface area contributed by atoms with Crippen molar-refractivity contribution in [3.63, 3.8) is 0 Å². The molecule has 2 aromatic carbocycles. The third-order valence-electron chi connectivity index (χ3n) is 3.34. The minimum Gasteiger partial charge on any atom is -0.484 e. The van der Waals surface area contributed by atoms with Gasteiger partial charge in [-0.3, -0.25) is 24.5 Å². The van der Waals surface area contributed by atoms with E-state index in [2.05, 4.69) is 10.6 Å². The highest BCUT2D eigenvalue weighted by molar-refractivity contribution is 6.31. The molecule has 0 atom stereocenters. The van der Waals surface area contributed by atoms with Crippen molar-refractivity contribution in [2.24, 2.45) is 0 Å². The number of hydrogen-bond acceptors (Lipinski definition) is 7. The lowest BCUT2D eigenvalue weighted by Crippen LogP contribution is -2.35. The number of amides is 2. The number of esters is 1. The molecule has 0 saturated heterocycles. The summed E-state index contributed by atoms with van der Waals surface area (Å²) in [5.74, 6) is -1.70. The van der Waals surface area contributed by atoms with Crippen LogP contribution < -0.4 is 15.4 Å². The Morgan fingerprint density at radius 2 is 1.76 bits per heavy atom. The fourth-order valence-electron chi connectivity index (χ4n) is 2.03. The Morgan fingerprint density at radius 1 is 1.03 bits per heavy atom. The summed E-state index contributed by atoms with van der Waals surface area (Å²) in [6.07, 6.45) is 0. The van der Waals surface area contributed by atoms with Crippen LogP contribution >= 0.6 is 11.6 Å². The normalized spacial score (nSPS) is 9.97. The zero-order valence-corrected chi connectivity index (χ0v) is 15.7. The number of ether oxygens (including phenoxy) is 2. The van der Waals surface area contributed by atoms with E-state index in [0.717, 1.165) is 6.07 Å². The smallest absolute Gasteiger partial charge is 0.325 e. The lowest BCUT2D eigenvalue weighted by Gasteiger charge is -2.09. The second kappa shape index (κ2) is 10.6. The van der Waals surface area contributed by atoms with E-state index in [0.29, 0.717) is 5.75 Å². The molecule has 0 unspecified atom stereocenters. The SMILES string of the molecule is O=C(COc1ccccc1)NCC(=O)OCC(=O)Nc1ccc(Cl)cc1[N+](=O)[O-]. The number of nitro groups is 1. The van der Waals surface area contributed by atoms with E-state index in [9.17, 15) is 24.5 Å². The number of nitrogens with one attached hydrogen (secondary N) is 2. The summed E-state index contributed by atoms with van der Waals surface area (Å²) in [5.41, 5.74) is -0.491. The van der Waals surface area contributed by atoms with Crippen molar-refractivity contribution in [1.82, 2.24) is 5.32 Å². The molecule has 2 aromatic rings. The summed E-state index contributed by atoms with van der Waals surface area (Å²) >= 11 is 5.69. The fourth-order valence-corrected chi connectivity index (χ4v) is 2.20. The fraction of sp³-hybridized carbons (Fsp3) is 0.167. The third kappa shape index (κ3) is 7.46. The molecule has 0 aliphatic heterocycles. The lowest BCUT2D eigenvalue weighted by molar-refractivity contribution is -0.383. The van der Waals surface area contributed by atoms with Gasteiger partial charge in [-0.2, -0.15) is 0 Å². The zero-order chi connectivity index (χ0) is 21.2. The second-order valence-corrected chi connectivity index (χ2v) is 5.94. The Kier molecular flexibility index (Phi) is 7.92. The number of anilines is 1. The Bertz CT molecular complexity index is 906. The first kappa shape index (κ1) is 21.6. The molecular weight excluding hydrogens is 406 g/mol. The highest BCUT2D eigenvalue weighted by atomic mass is 35.5. The second-order valence-electron chi connectivity index (χ2n) is 5.51. The highest BCUT2D eigenvalue weighted by Crippen LogP contribution is 2.27. The van der Waals surface area contributed by atoms with Gasteiger partial charge in [-0.1, -0.05) is 29.8 Å². The van der Waals surface area contributed by atoms with E-state index >= 15 is 0 Å². The van der Waals surface area contributed by atoms with E-state index in [4.69, 9.17) is 21.1 Å². The average molecular weight is 422 g/mol. The molecule has 2 N–H and O–H groups in total. The number of hydrogen-bond donors (Lipinski definition) is 2. The molecule has 10 nitrogen and oxygen atoms in total. The van der Waals surface area contributed by atoms with Crippen molar-refractivity contribution >= 4 is 40.8 Å². The number of halogens is 1. The van der Waals surface area contributed by atoms with Gasteiger partial charge in [0.25, 0.3) is 17.5 Å². The van der Waals surface area contributed by atoms with Gasteiger partial charge in [-0.25, -0.2) is 0 Å². The molecule has 0 fully saturated rings. The van der Waals surface area contributed by atoms with Crippen molar-refractivity contribution < 1.29 is 28.8 Å². The quantitative estimate of drug-likeness (QED) is 0.358. The van der Waals surface area contributed by atoms with Gasteiger partial charge in [0.2, 0.25) is 0 Å². The summed E-state index contributed by atoms with van der Waals surface area (Å²) in [4.78, 5) is 45.3. The summed E-state index contributed by atoms with van der Waals surface area (Å²) < 4.78 is 9.92. The maximum absolute atomic E-state index is 11.8. The molecule has 0 radical (unpaired) electrons. The van der Waals surface area contributed by atoms with Crippen LogP contribution in [0.2, 0.25) is 5.02 Å². The van der Waals surface area contributed by atoms with Crippen LogP contribution in [0, 0.1) is 10.1 Å². The van der Waals surface area contributed by atoms with E-state index in [1.165, 1.54) is 12.1 Å². The van der Waals surface area contributed by atoms with Gasteiger partial charge in [-0.05, 0) is 24.3 Å². The number of benzene rings is 2. The van der Waals surface area contributed by atoms with Crippen LogP contribution in [0.15, 0.2) is 48.5 Å². The molecule has 0 aliphatic rings. The van der Waals surface area contributed by atoms with Crippen molar-refractivity contribution in [3.8, 4) is 5.75 Å². The first-order valence-corrected chi connectivity index (χ1v) is 8.57. The van der Waals surface area contributed by atoms with Crippen molar-refractivity contribution in [1.29, 1.82) is 0 Å². The average Bonchev–Trinajstić information content (AvgIpc) is 2.71. The van der Waals surface area contributed by atoms with Gasteiger partial charge in [-0.15, -0.1) is 0 Å². The van der Waals surface area contributed by atoms with Crippen LogP contribution in [0.3, 0.4) is 0 Å². The third-order valence-corrected chi connectivity index (χ3v) is 3.57. The molecule has 11 heteroatoms. The Morgan fingerprint density at radius 3 is 2.45 bits per heavy atom. The van der Waals surface area contributed by atoms with Crippen molar-refractivity contribution in [3.05, 3.63) is 63.7 Å². The minimum absolute atomic E-state index is 0.0909. The molecule has 0 bridgehead atoms. The summed E-state index contributed by atoms with van der Waals surface area (Å²) in [7, 11) is 0. The minimum atomic E-state index is -0.862. The molecule has 0 aliphatic carbocycles. The standard InChI is InChI=1S/C18H16ClN3O7/c19-12-6-7-14(15(8-12)22(26)27)21-17(24)11-29-18(25)9-20-16(23)10-28-13-4-2-1-3-5-13/h1-8H,9-11H2,(H,20,23)(H,21,24). The van der Waals surface area contributed by atoms with Crippen LogP contribution in [0.25, 0.3) is 0 Å². The van der Waals surface area contributed by atoms with Gasteiger partial charge in [0.15, 0.2) is 13.2 Å². The molecule has 29 heavy (non-hydrogen) atoms. The predicted octanol–water partition coefficient (Wildman–Crippen LogP) is 1.93. The van der Waals surface area contributed by atoms with Crippen molar-refractivity contribution in [2.75, 3.05) is 25.1 Å². The van der Waals surface area contributed by atoms with Gasteiger partial charge >= 0.3 is 5.97 Å². The predicted molar refractivity (Wildman–Crippen MR) is 103 cm³/mol. The van der Waals surface area contributed by atoms with Crippen LogP contribution in [-0.4, -0.2) is 42.5 Å². The molecule has 0 spiro atoms. The zero-order valence-electron chi connectivity index (χ0n) is 14.9. The molecular formula is C18H16ClN3O7. The Labute approximate surface area is 169 Å². The largest absolute Gasteiger partial charge is 0.484 e. The monoisotopic (exact) mass is 421 g/mol. The summed E-state index contributed by atoms with van der Waals surface area (Å²) in [5, 5.41) is 15.6.